The Morgan fingerprint density at radius 3 is 2.95 bits per heavy atom. The average molecular weight is 311 g/mol. The molecule has 2 heterocycles. The molecule has 1 N–H and O–H groups in total. The topological polar surface area (TPSA) is 92.5 Å². The summed E-state index contributed by atoms with van der Waals surface area (Å²) in [5, 5.41) is 14.7. The van der Waals surface area contributed by atoms with Crippen LogP contribution in [0, 0.1) is 10.1 Å². The summed E-state index contributed by atoms with van der Waals surface area (Å²) < 4.78 is 0. The number of rotatable bonds is 5. The van der Waals surface area contributed by atoms with Gasteiger partial charge >= 0.3 is 5.00 Å². The van der Waals surface area contributed by atoms with E-state index < -0.39 is 4.92 Å². The molecule has 1 fully saturated rings. The third-order valence-corrected chi connectivity index (χ3v) is 4.36. The third-order valence-electron chi connectivity index (χ3n) is 3.48. The summed E-state index contributed by atoms with van der Waals surface area (Å²) in [6.07, 6.45) is 2.47. The SMILES string of the molecule is C[C@H](CNC(=O)c1csc([N+](=O)[O-])c1)N1CCCCC1=O. The van der Waals surface area contributed by atoms with Crippen molar-refractivity contribution in [3.8, 4) is 0 Å². The van der Waals surface area contributed by atoms with Crippen molar-refractivity contribution in [2.24, 2.45) is 0 Å². The number of carbonyl (C=O) groups excluding carboxylic acids is 2. The third kappa shape index (κ3) is 3.78. The lowest BCUT2D eigenvalue weighted by atomic mass is 10.1. The van der Waals surface area contributed by atoms with Gasteiger partial charge < -0.3 is 10.2 Å². The zero-order chi connectivity index (χ0) is 15.4. The molecule has 1 aromatic rings. The maximum absolute atomic E-state index is 11.9. The molecule has 0 aromatic carbocycles. The molecule has 114 valence electrons. The molecule has 1 saturated heterocycles. The summed E-state index contributed by atoms with van der Waals surface area (Å²) in [5.41, 5.74) is 0.281. The van der Waals surface area contributed by atoms with Crippen LogP contribution >= 0.6 is 11.3 Å². The van der Waals surface area contributed by atoms with Gasteiger partial charge in [-0.3, -0.25) is 19.7 Å². The first kappa shape index (κ1) is 15.4. The first-order valence-corrected chi connectivity index (χ1v) is 7.67. The highest BCUT2D eigenvalue weighted by atomic mass is 32.1. The van der Waals surface area contributed by atoms with Crippen molar-refractivity contribution in [3.63, 3.8) is 0 Å². The van der Waals surface area contributed by atoms with Crippen LogP contribution in [-0.4, -0.2) is 40.8 Å². The van der Waals surface area contributed by atoms with Crippen LogP contribution in [0.5, 0.6) is 0 Å². The fourth-order valence-corrected chi connectivity index (χ4v) is 2.99. The minimum Gasteiger partial charge on any atom is -0.350 e. The largest absolute Gasteiger partial charge is 0.350 e. The molecule has 0 unspecified atom stereocenters. The van der Waals surface area contributed by atoms with E-state index in [1.165, 1.54) is 11.4 Å². The Labute approximate surface area is 126 Å². The van der Waals surface area contributed by atoms with Crippen molar-refractivity contribution in [1.82, 2.24) is 10.2 Å². The van der Waals surface area contributed by atoms with Crippen LogP contribution < -0.4 is 5.32 Å². The van der Waals surface area contributed by atoms with Gasteiger partial charge in [-0.15, -0.1) is 0 Å². The van der Waals surface area contributed by atoms with Crippen LogP contribution in [0.1, 0.15) is 36.5 Å². The van der Waals surface area contributed by atoms with E-state index in [4.69, 9.17) is 0 Å². The van der Waals surface area contributed by atoms with E-state index in [2.05, 4.69) is 5.32 Å². The molecule has 0 bridgehead atoms. The van der Waals surface area contributed by atoms with Crippen LogP contribution in [0.4, 0.5) is 5.00 Å². The lowest BCUT2D eigenvalue weighted by Gasteiger charge is -2.32. The number of nitrogens with zero attached hydrogens (tertiary/aromatic N) is 2. The molecule has 21 heavy (non-hydrogen) atoms. The normalized spacial score (nSPS) is 16.6. The van der Waals surface area contributed by atoms with E-state index in [1.54, 1.807) is 4.90 Å². The van der Waals surface area contributed by atoms with E-state index in [9.17, 15) is 19.7 Å². The first-order chi connectivity index (χ1) is 9.99. The summed E-state index contributed by atoms with van der Waals surface area (Å²) in [6, 6.07) is 1.19. The Kier molecular flexibility index (Phi) is 4.89. The maximum Gasteiger partial charge on any atom is 0.324 e. The van der Waals surface area contributed by atoms with Crippen molar-refractivity contribution in [1.29, 1.82) is 0 Å². The van der Waals surface area contributed by atoms with Crippen LogP contribution in [0.15, 0.2) is 11.4 Å². The second kappa shape index (κ2) is 6.66. The van der Waals surface area contributed by atoms with E-state index in [0.29, 0.717) is 13.0 Å². The van der Waals surface area contributed by atoms with Gasteiger partial charge in [-0.2, -0.15) is 0 Å². The number of hydrogen-bond donors (Lipinski definition) is 1. The van der Waals surface area contributed by atoms with Crippen LogP contribution in [0.25, 0.3) is 0 Å². The highest BCUT2D eigenvalue weighted by molar-refractivity contribution is 7.13. The van der Waals surface area contributed by atoms with E-state index in [1.807, 2.05) is 6.92 Å². The van der Waals surface area contributed by atoms with Crippen LogP contribution in [0.3, 0.4) is 0 Å². The summed E-state index contributed by atoms with van der Waals surface area (Å²) in [5.74, 6) is -0.232. The van der Waals surface area contributed by atoms with Gasteiger partial charge in [0, 0.05) is 37.0 Å². The van der Waals surface area contributed by atoms with Gasteiger partial charge in [-0.1, -0.05) is 11.3 Å². The first-order valence-electron chi connectivity index (χ1n) is 6.79. The minimum atomic E-state index is -0.517. The molecule has 2 rings (SSSR count). The molecule has 0 aliphatic carbocycles. The van der Waals surface area contributed by atoms with E-state index in [-0.39, 0.29) is 28.4 Å². The van der Waals surface area contributed by atoms with Gasteiger partial charge in [0.2, 0.25) is 5.91 Å². The number of carbonyl (C=O) groups is 2. The summed E-state index contributed by atoms with van der Waals surface area (Å²) in [7, 11) is 0. The average Bonchev–Trinajstić information content (AvgIpc) is 2.95. The Hall–Kier alpha value is -1.96. The second-order valence-corrected chi connectivity index (χ2v) is 5.92. The molecule has 1 aliphatic heterocycles. The van der Waals surface area contributed by atoms with Gasteiger partial charge in [-0.25, -0.2) is 0 Å². The predicted octanol–water partition coefficient (Wildman–Crippen LogP) is 1.79. The monoisotopic (exact) mass is 311 g/mol. The number of piperidine rings is 1. The second-order valence-electron chi connectivity index (χ2n) is 5.03. The Morgan fingerprint density at radius 1 is 1.57 bits per heavy atom. The van der Waals surface area contributed by atoms with Gasteiger partial charge in [0.1, 0.15) is 0 Å². The fraction of sp³-hybridized carbons (Fsp3) is 0.538. The lowest BCUT2D eigenvalue weighted by Crippen LogP contribution is -2.47. The predicted molar refractivity (Wildman–Crippen MR) is 78.3 cm³/mol. The van der Waals surface area contributed by atoms with Crippen molar-refractivity contribution in [2.75, 3.05) is 13.1 Å². The molecule has 0 saturated carbocycles. The van der Waals surface area contributed by atoms with Gasteiger partial charge in [0.15, 0.2) is 0 Å². The van der Waals surface area contributed by atoms with Crippen molar-refractivity contribution in [2.45, 2.75) is 32.2 Å². The Balaban J connectivity index is 1.87. The summed E-state index contributed by atoms with van der Waals surface area (Å²) in [4.78, 5) is 35.5. The summed E-state index contributed by atoms with van der Waals surface area (Å²) >= 11 is 0.924. The van der Waals surface area contributed by atoms with Crippen LogP contribution in [0.2, 0.25) is 0 Å². The van der Waals surface area contributed by atoms with E-state index in [0.717, 1.165) is 30.7 Å². The smallest absolute Gasteiger partial charge is 0.324 e. The maximum atomic E-state index is 11.9. The van der Waals surface area contributed by atoms with Gasteiger partial charge in [-0.05, 0) is 19.8 Å². The fourth-order valence-electron chi connectivity index (χ4n) is 2.29. The summed E-state index contributed by atoms with van der Waals surface area (Å²) in [6.45, 7) is 2.95. The number of nitro groups is 1. The van der Waals surface area contributed by atoms with Gasteiger partial charge in [0.25, 0.3) is 5.91 Å². The number of thiophene rings is 1. The molecule has 0 spiro atoms. The molecular weight excluding hydrogens is 294 g/mol. The number of nitrogens with one attached hydrogen (secondary N) is 1. The highest BCUT2D eigenvalue weighted by Gasteiger charge is 2.23. The number of amides is 2. The zero-order valence-electron chi connectivity index (χ0n) is 11.7. The molecule has 7 nitrogen and oxygen atoms in total. The van der Waals surface area contributed by atoms with E-state index >= 15 is 0 Å². The Morgan fingerprint density at radius 2 is 2.33 bits per heavy atom. The molecule has 0 radical (unpaired) electrons. The highest BCUT2D eigenvalue weighted by Crippen LogP contribution is 2.22. The number of likely N-dealkylation sites (tertiary alicyclic amines) is 1. The minimum absolute atomic E-state index is 0.0561. The molecule has 1 aliphatic rings. The molecule has 1 atom stereocenters. The van der Waals surface area contributed by atoms with Gasteiger partial charge in [0.05, 0.1) is 10.5 Å². The molecule has 2 amide bonds. The lowest BCUT2D eigenvalue weighted by molar-refractivity contribution is -0.380. The van der Waals surface area contributed by atoms with Crippen LogP contribution in [-0.2, 0) is 4.79 Å². The zero-order valence-corrected chi connectivity index (χ0v) is 12.5. The van der Waals surface area contributed by atoms with Crippen molar-refractivity contribution < 1.29 is 14.5 Å². The van der Waals surface area contributed by atoms with Crippen molar-refractivity contribution >= 4 is 28.2 Å². The standard InChI is InChI=1S/C13H17N3O4S/c1-9(15-5-3-2-4-11(15)17)7-14-13(18)10-6-12(16(19)20)21-8-10/h6,8-9H,2-5,7H2,1H3,(H,14,18)/t9-/m1/s1. The molecule has 1 aromatic heterocycles. The Bertz CT molecular complexity index is 557. The van der Waals surface area contributed by atoms with Crippen molar-refractivity contribution in [3.05, 3.63) is 27.1 Å². The molecular formula is C13H17N3O4S. The number of hydrogen-bond acceptors (Lipinski definition) is 5. The quantitative estimate of drug-likeness (QED) is 0.662. The molecule has 8 heteroatoms.